The van der Waals surface area contributed by atoms with Gasteiger partial charge in [0, 0.05) is 47.8 Å². The molecule has 0 saturated heterocycles. The first-order chi connectivity index (χ1) is 16.0. The average molecular weight is 561 g/mol. The predicted octanol–water partition coefficient (Wildman–Crippen LogP) is 6.08. The Bertz CT molecular complexity index is 995. The number of ketones is 2. The molecule has 3 aliphatic rings. The number of carbonyl (C=O) groups is 2. The number of rotatable bonds is 8. The summed E-state index contributed by atoms with van der Waals surface area (Å²) in [5.74, 6) is 1.34. The largest absolute Gasteiger partial charge is 0.490 e. The fourth-order valence-corrected chi connectivity index (χ4v) is 6.12. The monoisotopic (exact) mass is 561 g/mol. The smallest absolute Gasteiger partial charge is 0.174 e. The predicted molar refractivity (Wildman–Crippen MR) is 138 cm³/mol. The highest BCUT2D eigenvalue weighted by Crippen LogP contribution is 2.50. The van der Waals surface area contributed by atoms with E-state index in [2.05, 4.69) is 47.1 Å². The Morgan fingerprint density at radius 2 is 1.67 bits per heavy atom. The third kappa shape index (κ3) is 4.51. The number of halogens is 1. The first-order valence-electron chi connectivity index (χ1n) is 12.0. The van der Waals surface area contributed by atoms with Crippen molar-refractivity contribution < 1.29 is 19.1 Å². The van der Waals surface area contributed by atoms with Gasteiger partial charge in [0.1, 0.15) is 6.61 Å². The summed E-state index contributed by atoms with van der Waals surface area (Å²) >= 11 is 2.26. The normalized spacial score (nSPS) is 18.9. The molecule has 4 rings (SSSR count). The average Bonchev–Trinajstić information content (AvgIpc) is 2.79. The van der Waals surface area contributed by atoms with Crippen LogP contribution >= 0.6 is 22.6 Å². The zero-order valence-electron chi connectivity index (χ0n) is 19.5. The van der Waals surface area contributed by atoms with E-state index in [0.717, 1.165) is 70.3 Å². The van der Waals surface area contributed by atoms with E-state index in [0.29, 0.717) is 37.6 Å². The van der Waals surface area contributed by atoms with Crippen LogP contribution in [0.1, 0.15) is 70.3 Å². The molecule has 1 aromatic rings. The molecule has 0 amide bonds. The van der Waals surface area contributed by atoms with Gasteiger partial charge in [-0.1, -0.05) is 19.6 Å². The SMILES string of the molecule is C=CCOc1c(I)cc(C2C3=C(CCCC3=O)N(CCC)C3=C2C(=O)CCC3)cc1OCC. The number of hydrogen-bond acceptors (Lipinski definition) is 5. The van der Waals surface area contributed by atoms with Crippen LogP contribution in [0.3, 0.4) is 0 Å². The fraction of sp³-hybridized carbons (Fsp3) is 0.481. The van der Waals surface area contributed by atoms with Crippen molar-refractivity contribution in [3.8, 4) is 11.5 Å². The van der Waals surface area contributed by atoms with Gasteiger partial charge in [0.15, 0.2) is 23.1 Å². The number of Topliss-reactive ketones (excluding diaryl/α,β-unsaturated/α-hetero) is 2. The minimum Gasteiger partial charge on any atom is -0.490 e. The van der Waals surface area contributed by atoms with Crippen LogP contribution in [-0.4, -0.2) is 36.2 Å². The van der Waals surface area contributed by atoms with E-state index in [9.17, 15) is 9.59 Å². The highest BCUT2D eigenvalue weighted by Gasteiger charge is 2.43. The van der Waals surface area contributed by atoms with Gasteiger partial charge in [0.25, 0.3) is 0 Å². The van der Waals surface area contributed by atoms with Crippen molar-refractivity contribution in [1.82, 2.24) is 4.90 Å². The van der Waals surface area contributed by atoms with Crippen LogP contribution in [0.25, 0.3) is 0 Å². The van der Waals surface area contributed by atoms with E-state index in [1.54, 1.807) is 6.08 Å². The van der Waals surface area contributed by atoms with Crippen molar-refractivity contribution >= 4 is 34.2 Å². The van der Waals surface area contributed by atoms with Crippen LogP contribution in [0.4, 0.5) is 0 Å². The van der Waals surface area contributed by atoms with Crippen LogP contribution in [0, 0.1) is 3.57 Å². The van der Waals surface area contributed by atoms with Crippen LogP contribution < -0.4 is 9.47 Å². The second-order valence-electron chi connectivity index (χ2n) is 8.72. The second-order valence-corrected chi connectivity index (χ2v) is 9.88. The van der Waals surface area contributed by atoms with Crippen LogP contribution in [0.5, 0.6) is 11.5 Å². The molecule has 0 radical (unpaired) electrons. The zero-order valence-corrected chi connectivity index (χ0v) is 21.7. The minimum absolute atomic E-state index is 0.173. The molecular weight excluding hydrogens is 529 g/mol. The number of carbonyl (C=O) groups excluding carboxylic acids is 2. The number of hydrogen-bond donors (Lipinski definition) is 0. The third-order valence-corrected chi connectivity index (χ3v) is 7.35. The van der Waals surface area contributed by atoms with Gasteiger partial charge in [-0.3, -0.25) is 9.59 Å². The lowest BCUT2D eigenvalue weighted by Gasteiger charge is -2.44. The van der Waals surface area contributed by atoms with Gasteiger partial charge in [-0.2, -0.15) is 0 Å². The van der Waals surface area contributed by atoms with E-state index >= 15 is 0 Å². The maximum Gasteiger partial charge on any atom is 0.174 e. The van der Waals surface area contributed by atoms with Crippen molar-refractivity contribution in [2.24, 2.45) is 0 Å². The molecule has 176 valence electrons. The molecule has 0 unspecified atom stereocenters. The lowest BCUT2D eigenvalue weighted by molar-refractivity contribution is -0.117. The Morgan fingerprint density at radius 1 is 1.03 bits per heavy atom. The van der Waals surface area contributed by atoms with Crippen molar-refractivity contribution in [2.75, 3.05) is 19.8 Å². The molecule has 2 aliphatic carbocycles. The fourth-order valence-electron chi connectivity index (χ4n) is 5.34. The molecule has 0 atom stereocenters. The van der Waals surface area contributed by atoms with Crippen LogP contribution in [-0.2, 0) is 9.59 Å². The second kappa shape index (κ2) is 10.5. The molecule has 6 heteroatoms. The summed E-state index contributed by atoms with van der Waals surface area (Å²) in [5, 5.41) is 0. The lowest BCUT2D eigenvalue weighted by Crippen LogP contribution is -2.39. The topological polar surface area (TPSA) is 55.8 Å². The summed E-state index contributed by atoms with van der Waals surface area (Å²) in [5.41, 5.74) is 4.84. The summed E-state index contributed by atoms with van der Waals surface area (Å²) in [6.45, 7) is 9.56. The van der Waals surface area contributed by atoms with Gasteiger partial charge < -0.3 is 14.4 Å². The molecule has 1 heterocycles. The lowest BCUT2D eigenvalue weighted by atomic mass is 9.71. The Kier molecular flexibility index (Phi) is 7.62. The van der Waals surface area contributed by atoms with Gasteiger partial charge >= 0.3 is 0 Å². The standard InChI is InChI=1S/C27H32INO4/c1-4-13-29-19-9-7-11-21(30)25(19)24(26-20(29)10-8-12-22(26)31)17-15-18(28)27(33-14-5-2)23(16-17)32-6-3/h5,15-16,24H,2,4,6-14H2,1,3H3. The van der Waals surface area contributed by atoms with E-state index in [-0.39, 0.29) is 17.5 Å². The van der Waals surface area contributed by atoms with E-state index in [1.807, 2.05) is 13.0 Å². The number of ether oxygens (including phenoxy) is 2. The van der Waals surface area contributed by atoms with Crippen molar-refractivity contribution in [3.05, 3.63) is 56.5 Å². The summed E-state index contributed by atoms with van der Waals surface area (Å²) in [6, 6.07) is 4.03. The Hall–Kier alpha value is -2.09. The van der Waals surface area contributed by atoms with Gasteiger partial charge in [0.05, 0.1) is 10.2 Å². The van der Waals surface area contributed by atoms with Crippen LogP contribution in [0.15, 0.2) is 47.3 Å². The zero-order chi connectivity index (χ0) is 23.5. The molecule has 33 heavy (non-hydrogen) atoms. The van der Waals surface area contributed by atoms with Crippen molar-refractivity contribution in [3.63, 3.8) is 0 Å². The number of nitrogens with zero attached hydrogens (tertiary/aromatic N) is 1. The molecular formula is C27H32INO4. The van der Waals surface area contributed by atoms with E-state index < -0.39 is 0 Å². The third-order valence-electron chi connectivity index (χ3n) is 6.54. The summed E-state index contributed by atoms with van der Waals surface area (Å²) in [7, 11) is 0. The van der Waals surface area contributed by atoms with E-state index in [1.165, 1.54) is 0 Å². The van der Waals surface area contributed by atoms with E-state index in [4.69, 9.17) is 9.47 Å². The quantitative estimate of drug-likeness (QED) is 0.285. The number of benzene rings is 1. The summed E-state index contributed by atoms with van der Waals surface area (Å²) < 4.78 is 12.8. The first kappa shape index (κ1) is 24.0. The molecule has 0 bridgehead atoms. The number of allylic oxidation sites excluding steroid dienone is 4. The molecule has 1 aliphatic heterocycles. The molecule has 0 fully saturated rings. The van der Waals surface area contributed by atoms with Crippen LogP contribution in [0.2, 0.25) is 0 Å². The first-order valence-corrected chi connectivity index (χ1v) is 13.1. The molecule has 1 aromatic carbocycles. The summed E-state index contributed by atoms with van der Waals surface area (Å²) in [4.78, 5) is 29.0. The molecule has 5 nitrogen and oxygen atoms in total. The maximum atomic E-state index is 13.4. The van der Waals surface area contributed by atoms with Crippen molar-refractivity contribution in [2.45, 2.75) is 64.7 Å². The minimum atomic E-state index is -0.329. The van der Waals surface area contributed by atoms with Gasteiger partial charge in [-0.05, 0) is 79.3 Å². The summed E-state index contributed by atoms with van der Waals surface area (Å²) in [6.07, 6.45) is 7.29. The van der Waals surface area contributed by atoms with Gasteiger partial charge in [0.2, 0.25) is 0 Å². The Balaban J connectivity index is 1.93. The molecule has 0 aromatic heterocycles. The molecule has 0 saturated carbocycles. The maximum absolute atomic E-state index is 13.4. The molecule has 0 spiro atoms. The Morgan fingerprint density at radius 3 is 2.21 bits per heavy atom. The highest BCUT2D eigenvalue weighted by atomic mass is 127. The molecule has 0 N–H and O–H groups in total. The van der Waals surface area contributed by atoms with Crippen molar-refractivity contribution in [1.29, 1.82) is 0 Å². The highest BCUT2D eigenvalue weighted by molar-refractivity contribution is 14.1. The van der Waals surface area contributed by atoms with Gasteiger partial charge in [-0.15, -0.1) is 0 Å². The Labute approximate surface area is 210 Å². The van der Waals surface area contributed by atoms with Gasteiger partial charge in [-0.25, -0.2) is 0 Å².